The van der Waals surface area contributed by atoms with Gasteiger partial charge in [0.1, 0.15) is 5.75 Å². The maximum Gasteiger partial charge on any atom is 0.255 e. The molecule has 1 saturated heterocycles. The lowest BCUT2D eigenvalue weighted by molar-refractivity contribution is 0.0950. The van der Waals surface area contributed by atoms with Crippen LogP contribution in [-0.4, -0.2) is 37.0 Å². The van der Waals surface area contributed by atoms with Gasteiger partial charge in [0.15, 0.2) is 0 Å². The third-order valence-corrected chi connectivity index (χ3v) is 5.47. The molecular formula is C25H26N4O3. The number of hydrogen-bond donors (Lipinski definition) is 2. The molecule has 1 aromatic heterocycles. The summed E-state index contributed by atoms with van der Waals surface area (Å²) in [5.74, 6) is 0.253. The number of methoxy groups -OCH3 is 1. The summed E-state index contributed by atoms with van der Waals surface area (Å²) in [6.07, 6.45) is 5.64. The quantitative estimate of drug-likeness (QED) is 0.595. The van der Waals surface area contributed by atoms with Crippen molar-refractivity contribution in [2.75, 3.05) is 30.4 Å². The van der Waals surface area contributed by atoms with E-state index in [1.807, 2.05) is 24.3 Å². The molecule has 0 spiro atoms. The summed E-state index contributed by atoms with van der Waals surface area (Å²) in [6.45, 7) is 2.22. The Balaban J connectivity index is 1.54. The zero-order valence-electron chi connectivity index (χ0n) is 18.0. The number of pyridine rings is 1. The molecule has 0 bridgehead atoms. The van der Waals surface area contributed by atoms with Crippen molar-refractivity contribution in [2.24, 2.45) is 0 Å². The second-order valence-electron chi connectivity index (χ2n) is 7.65. The highest BCUT2D eigenvalue weighted by Crippen LogP contribution is 2.28. The van der Waals surface area contributed by atoms with Crippen LogP contribution in [0.25, 0.3) is 0 Å². The Kier molecular flexibility index (Phi) is 6.65. The van der Waals surface area contributed by atoms with E-state index in [-0.39, 0.29) is 11.8 Å². The minimum absolute atomic E-state index is 0.184. The summed E-state index contributed by atoms with van der Waals surface area (Å²) in [4.78, 5) is 32.1. The lowest BCUT2D eigenvalue weighted by atomic mass is 10.1. The lowest BCUT2D eigenvalue weighted by Gasteiger charge is -2.22. The highest BCUT2D eigenvalue weighted by molar-refractivity contribution is 6.06. The van der Waals surface area contributed by atoms with Crippen LogP contribution in [0.4, 0.5) is 11.4 Å². The average Bonchev–Trinajstić information content (AvgIpc) is 3.38. The third-order valence-electron chi connectivity index (χ3n) is 5.47. The Morgan fingerprint density at radius 3 is 2.50 bits per heavy atom. The molecule has 1 fully saturated rings. The van der Waals surface area contributed by atoms with Crippen LogP contribution in [0.1, 0.15) is 39.1 Å². The van der Waals surface area contributed by atoms with E-state index in [4.69, 9.17) is 4.74 Å². The van der Waals surface area contributed by atoms with Gasteiger partial charge in [-0.25, -0.2) is 0 Å². The van der Waals surface area contributed by atoms with Gasteiger partial charge in [0.25, 0.3) is 11.8 Å². The molecule has 1 aliphatic heterocycles. The Morgan fingerprint density at radius 2 is 1.81 bits per heavy atom. The lowest BCUT2D eigenvalue weighted by Crippen LogP contribution is -2.27. The molecule has 32 heavy (non-hydrogen) atoms. The zero-order chi connectivity index (χ0) is 22.3. The van der Waals surface area contributed by atoms with Crippen LogP contribution in [0.2, 0.25) is 0 Å². The fourth-order valence-electron chi connectivity index (χ4n) is 3.76. The average molecular weight is 431 g/mol. The van der Waals surface area contributed by atoms with Crippen molar-refractivity contribution in [1.29, 1.82) is 0 Å². The summed E-state index contributed by atoms with van der Waals surface area (Å²) >= 11 is 0. The van der Waals surface area contributed by atoms with Crippen molar-refractivity contribution in [3.05, 3.63) is 83.7 Å². The molecule has 0 radical (unpaired) electrons. The van der Waals surface area contributed by atoms with Crippen LogP contribution >= 0.6 is 0 Å². The Bertz CT molecular complexity index is 1080. The number of ether oxygens (including phenoxy) is 1. The van der Waals surface area contributed by atoms with E-state index in [1.54, 1.807) is 49.8 Å². The molecule has 1 aliphatic rings. The molecule has 0 atom stereocenters. The van der Waals surface area contributed by atoms with E-state index in [0.717, 1.165) is 37.2 Å². The number of benzene rings is 2. The highest BCUT2D eigenvalue weighted by atomic mass is 16.5. The van der Waals surface area contributed by atoms with Gasteiger partial charge in [0, 0.05) is 49.0 Å². The first-order valence-electron chi connectivity index (χ1n) is 10.7. The van der Waals surface area contributed by atoms with Gasteiger partial charge in [0.05, 0.1) is 12.7 Å². The molecular weight excluding hydrogens is 404 g/mol. The topological polar surface area (TPSA) is 83.6 Å². The van der Waals surface area contributed by atoms with Crippen LogP contribution < -0.4 is 20.3 Å². The molecule has 0 saturated carbocycles. The highest BCUT2D eigenvalue weighted by Gasteiger charge is 2.20. The number of amides is 2. The number of carbonyl (C=O) groups excluding carboxylic acids is 2. The minimum Gasteiger partial charge on any atom is -0.497 e. The summed E-state index contributed by atoms with van der Waals surface area (Å²) in [6, 6.07) is 16.1. The number of carbonyl (C=O) groups is 2. The van der Waals surface area contributed by atoms with Gasteiger partial charge in [-0.05, 0) is 66.9 Å². The predicted molar refractivity (Wildman–Crippen MR) is 124 cm³/mol. The van der Waals surface area contributed by atoms with Crippen molar-refractivity contribution in [2.45, 2.75) is 19.4 Å². The first-order chi connectivity index (χ1) is 15.6. The summed E-state index contributed by atoms with van der Waals surface area (Å²) in [5, 5.41) is 5.87. The molecule has 7 nitrogen and oxygen atoms in total. The molecule has 0 aliphatic carbocycles. The number of nitrogens with zero attached hydrogens (tertiary/aromatic N) is 2. The van der Waals surface area contributed by atoms with Crippen LogP contribution in [-0.2, 0) is 6.54 Å². The summed E-state index contributed by atoms with van der Waals surface area (Å²) in [7, 11) is 1.58. The minimum atomic E-state index is -0.247. The van der Waals surface area contributed by atoms with Gasteiger partial charge < -0.3 is 20.3 Å². The molecule has 2 heterocycles. The van der Waals surface area contributed by atoms with Gasteiger partial charge in [-0.3, -0.25) is 14.6 Å². The smallest absolute Gasteiger partial charge is 0.255 e. The van der Waals surface area contributed by atoms with E-state index in [2.05, 4.69) is 20.5 Å². The number of hydrogen-bond acceptors (Lipinski definition) is 5. The summed E-state index contributed by atoms with van der Waals surface area (Å²) in [5.41, 5.74) is 3.43. The van der Waals surface area contributed by atoms with Crippen molar-refractivity contribution in [1.82, 2.24) is 10.3 Å². The van der Waals surface area contributed by atoms with Crippen molar-refractivity contribution in [3.8, 4) is 5.75 Å². The molecule has 164 valence electrons. The maximum absolute atomic E-state index is 13.1. The Morgan fingerprint density at radius 1 is 1.03 bits per heavy atom. The molecule has 0 unspecified atom stereocenters. The Hall–Kier alpha value is -3.87. The van der Waals surface area contributed by atoms with Gasteiger partial charge in [0.2, 0.25) is 0 Å². The standard InChI is InChI=1S/C25H26N4O3/c1-32-21-9-6-19(7-10-21)24(30)28-20-8-11-23(29-13-2-3-14-29)22(15-20)25(31)27-17-18-5-4-12-26-16-18/h4-12,15-16H,2-3,13-14,17H2,1H3,(H,27,31)(H,28,30). The molecule has 4 rings (SSSR count). The monoisotopic (exact) mass is 430 g/mol. The van der Waals surface area contributed by atoms with E-state index in [1.165, 1.54) is 0 Å². The fraction of sp³-hybridized carbons (Fsp3) is 0.240. The second kappa shape index (κ2) is 9.96. The van der Waals surface area contributed by atoms with Crippen molar-refractivity contribution >= 4 is 23.2 Å². The fourth-order valence-corrected chi connectivity index (χ4v) is 3.76. The van der Waals surface area contributed by atoms with Gasteiger partial charge in [-0.1, -0.05) is 6.07 Å². The van der Waals surface area contributed by atoms with E-state index < -0.39 is 0 Å². The van der Waals surface area contributed by atoms with Gasteiger partial charge in [-0.2, -0.15) is 0 Å². The first-order valence-corrected chi connectivity index (χ1v) is 10.7. The SMILES string of the molecule is COc1ccc(C(=O)Nc2ccc(N3CCCC3)c(C(=O)NCc3cccnc3)c2)cc1. The molecule has 7 heteroatoms. The maximum atomic E-state index is 13.1. The van der Waals surface area contributed by atoms with Crippen molar-refractivity contribution < 1.29 is 14.3 Å². The second-order valence-corrected chi connectivity index (χ2v) is 7.65. The zero-order valence-corrected chi connectivity index (χ0v) is 18.0. The van der Waals surface area contributed by atoms with Crippen molar-refractivity contribution in [3.63, 3.8) is 0 Å². The molecule has 2 aromatic carbocycles. The largest absolute Gasteiger partial charge is 0.497 e. The Labute approximate surface area is 187 Å². The van der Waals surface area contributed by atoms with E-state index in [0.29, 0.717) is 29.1 Å². The molecule has 2 amide bonds. The number of nitrogens with one attached hydrogen (secondary N) is 2. The van der Waals surface area contributed by atoms with E-state index in [9.17, 15) is 9.59 Å². The molecule has 2 N–H and O–H groups in total. The van der Waals surface area contributed by atoms with Crippen LogP contribution in [0.5, 0.6) is 5.75 Å². The normalized spacial score (nSPS) is 13.0. The predicted octanol–water partition coefficient (Wildman–Crippen LogP) is 3.87. The molecule has 3 aromatic rings. The van der Waals surface area contributed by atoms with Crippen LogP contribution in [0.3, 0.4) is 0 Å². The first kappa shape index (κ1) is 21.4. The van der Waals surface area contributed by atoms with Gasteiger partial charge in [-0.15, -0.1) is 0 Å². The van der Waals surface area contributed by atoms with Crippen LogP contribution in [0, 0.1) is 0 Å². The van der Waals surface area contributed by atoms with Gasteiger partial charge >= 0.3 is 0 Å². The number of rotatable bonds is 7. The van der Waals surface area contributed by atoms with Crippen LogP contribution in [0.15, 0.2) is 67.0 Å². The van der Waals surface area contributed by atoms with E-state index >= 15 is 0 Å². The summed E-state index contributed by atoms with van der Waals surface area (Å²) < 4.78 is 5.14. The third kappa shape index (κ3) is 5.06. The number of anilines is 2. The number of aromatic nitrogens is 1.